The highest BCUT2D eigenvalue weighted by atomic mass is 79.9. The van der Waals surface area contributed by atoms with E-state index in [0.29, 0.717) is 25.2 Å². The van der Waals surface area contributed by atoms with Crippen molar-refractivity contribution in [3.05, 3.63) is 34.3 Å². The first-order valence-electron chi connectivity index (χ1n) is 6.39. The summed E-state index contributed by atoms with van der Waals surface area (Å²) in [5.74, 6) is 0.105. The van der Waals surface area contributed by atoms with E-state index in [2.05, 4.69) is 15.9 Å². The molecule has 0 unspecified atom stereocenters. The van der Waals surface area contributed by atoms with Crippen molar-refractivity contribution in [3.8, 4) is 0 Å². The normalized spacial score (nSPS) is 16.1. The third-order valence-electron chi connectivity index (χ3n) is 3.33. The molecule has 0 saturated carbocycles. The lowest BCUT2D eigenvalue weighted by Gasteiger charge is -2.21. The summed E-state index contributed by atoms with van der Waals surface area (Å²) in [5, 5.41) is 0. The highest BCUT2D eigenvalue weighted by molar-refractivity contribution is 9.10. The second-order valence-electron chi connectivity index (χ2n) is 4.63. The lowest BCUT2D eigenvalue weighted by Crippen LogP contribution is -2.36. The fourth-order valence-electron chi connectivity index (χ4n) is 2.24. The van der Waals surface area contributed by atoms with Crippen LogP contribution in [0.3, 0.4) is 0 Å². The van der Waals surface area contributed by atoms with Gasteiger partial charge in [-0.3, -0.25) is 9.59 Å². The molecule has 0 aliphatic carbocycles. The highest BCUT2D eigenvalue weighted by Gasteiger charge is 2.22. The van der Waals surface area contributed by atoms with Crippen molar-refractivity contribution >= 4 is 27.7 Å². The Morgan fingerprint density at radius 2 is 1.68 bits per heavy atom. The van der Waals surface area contributed by atoms with Crippen LogP contribution in [0.25, 0.3) is 0 Å². The summed E-state index contributed by atoms with van der Waals surface area (Å²) >= 11 is 3.41. The first-order valence-corrected chi connectivity index (χ1v) is 7.18. The summed E-state index contributed by atoms with van der Waals surface area (Å²) in [6.45, 7) is 4.22. The average Bonchev–Trinajstić information content (AvgIpc) is 2.64. The minimum atomic E-state index is 0.0258. The van der Waals surface area contributed by atoms with Crippen LogP contribution < -0.4 is 0 Å². The lowest BCUT2D eigenvalue weighted by molar-refractivity contribution is -0.128. The summed E-state index contributed by atoms with van der Waals surface area (Å²) in [6.07, 6.45) is 0.829. The van der Waals surface area contributed by atoms with Crippen molar-refractivity contribution < 1.29 is 9.59 Å². The lowest BCUT2D eigenvalue weighted by atomic mass is 10.2. The van der Waals surface area contributed by atoms with E-state index in [9.17, 15) is 9.59 Å². The fraction of sp³-hybridized carbons (Fsp3) is 0.429. The van der Waals surface area contributed by atoms with E-state index in [1.54, 1.807) is 11.8 Å². The third kappa shape index (κ3) is 3.35. The van der Waals surface area contributed by atoms with Crippen molar-refractivity contribution in [2.45, 2.75) is 13.3 Å². The Morgan fingerprint density at radius 1 is 1.05 bits per heavy atom. The molecule has 0 radical (unpaired) electrons. The summed E-state index contributed by atoms with van der Waals surface area (Å²) < 4.78 is 0.813. The summed E-state index contributed by atoms with van der Waals surface area (Å²) in [4.78, 5) is 27.4. The molecule has 1 aliphatic rings. The predicted molar refractivity (Wildman–Crippen MR) is 76.9 cm³/mol. The number of rotatable bonds is 1. The average molecular weight is 325 g/mol. The van der Waals surface area contributed by atoms with Gasteiger partial charge >= 0.3 is 0 Å². The molecule has 0 bridgehead atoms. The zero-order valence-corrected chi connectivity index (χ0v) is 12.5. The van der Waals surface area contributed by atoms with Gasteiger partial charge in [-0.15, -0.1) is 0 Å². The van der Waals surface area contributed by atoms with Crippen LogP contribution in [0.4, 0.5) is 0 Å². The number of amides is 2. The smallest absolute Gasteiger partial charge is 0.255 e. The van der Waals surface area contributed by atoms with E-state index in [4.69, 9.17) is 0 Å². The van der Waals surface area contributed by atoms with Gasteiger partial charge in [0.25, 0.3) is 5.91 Å². The summed E-state index contributed by atoms with van der Waals surface area (Å²) in [6, 6.07) is 7.44. The second-order valence-corrected chi connectivity index (χ2v) is 5.49. The number of carbonyl (C=O) groups excluding carboxylic acids is 2. The number of carbonyl (C=O) groups is 2. The molecule has 4 nitrogen and oxygen atoms in total. The quantitative estimate of drug-likeness (QED) is 0.794. The number of nitrogens with zero attached hydrogens (tertiary/aromatic N) is 2. The maximum absolute atomic E-state index is 12.4. The highest BCUT2D eigenvalue weighted by Crippen LogP contribution is 2.18. The number of halogens is 1. The van der Waals surface area contributed by atoms with Crippen LogP contribution in [0.2, 0.25) is 0 Å². The SMILES string of the molecule is CC(=O)N1CCCN(C(=O)c2ccccc2Br)CC1. The van der Waals surface area contributed by atoms with Gasteiger partial charge in [0, 0.05) is 37.6 Å². The van der Waals surface area contributed by atoms with E-state index >= 15 is 0 Å². The standard InChI is InChI=1S/C14H17BrN2O2/c1-11(18)16-7-4-8-17(10-9-16)14(19)12-5-2-3-6-13(12)15/h2-3,5-6H,4,7-10H2,1H3. The summed E-state index contributed by atoms with van der Waals surface area (Å²) in [7, 11) is 0. The fourth-order valence-corrected chi connectivity index (χ4v) is 2.69. The van der Waals surface area contributed by atoms with Gasteiger partial charge in [-0.1, -0.05) is 12.1 Å². The molecule has 0 atom stereocenters. The van der Waals surface area contributed by atoms with Crippen LogP contribution in [0.1, 0.15) is 23.7 Å². The molecular formula is C14H17BrN2O2. The van der Waals surface area contributed by atoms with Gasteiger partial charge in [0.05, 0.1) is 5.56 Å². The summed E-state index contributed by atoms with van der Waals surface area (Å²) in [5.41, 5.74) is 0.679. The first kappa shape index (κ1) is 14.1. The molecule has 5 heteroatoms. The zero-order valence-electron chi connectivity index (χ0n) is 10.9. The van der Waals surface area contributed by atoms with Gasteiger partial charge in [0.1, 0.15) is 0 Å². The minimum absolute atomic E-state index is 0.0258. The van der Waals surface area contributed by atoms with Gasteiger partial charge in [0.2, 0.25) is 5.91 Å². The molecule has 2 amide bonds. The van der Waals surface area contributed by atoms with Gasteiger partial charge in [0.15, 0.2) is 0 Å². The molecule has 2 rings (SSSR count). The van der Waals surface area contributed by atoms with Crippen LogP contribution in [0.15, 0.2) is 28.7 Å². The Morgan fingerprint density at radius 3 is 2.37 bits per heavy atom. The molecule has 1 fully saturated rings. The molecule has 1 aromatic rings. The zero-order chi connectivity index (χ0) is 13.8. The Balaban J connectivity index is 2.08. The molecule has 0 spiro atoms. The molecule has 1 heterocycles. The topological polar surface area (TPSA) is 40.6 Å². The van der Waals surface area contributed by atoms with Crippen LogP contribution in [0.5, 0.6) is 0 Å². The van der Waals surface area contributed by atoms with E-state index in [0.717, 1.165) is 17.4 Å². The molecule has 102 valence electrons. The Kier molecular flexibility index (Phi) is 4.58. The maximum Gasteiger partial charge on any atom is 0.255 e. The third-order valence-corrected chi connectivity index (χ3v) is 4.02. The monoisotopic (exact) mass is 324 g/mol. The minimum Gasteiger partial charge on any atom is -0.341 e. The molecule has 1 saturated heterocycles. The van der Waals surface area contributed by atoms with Gasteiger partial charge < -0.3 is 9.80 Å². The van der Waals surface area contributed by atoms with Crippen LogP contribution in [-0.4, -0.2) is 47.8 Å². The number of hydrogen-bond acceptors (Lipinski definition) is 2. The van der Waals surface area contributed by atoms with Crippen molar-refractivity contribution in [2.24, 2.45) is 0 Å². The first-order chi connectivity index (χ1) is 9.09. The Bertz CT molecular complexity index is 490. The Labute approximate surface area is 121 Å². The largest absolute Gasteiger partial charge is 0.341 e. The van der Waals surface area contributed by atoms with E-state index < -0.39 is 0 Å². The number of hydrogen-bond donors (Lipinski definition) is 0. The van der Waals surface area contributed by atoms with Crippen molar-refractivity contribution in [2.75, 3.05) is 26.2 Å². The van der Waals surface area contributed by atoms with Gasteiger partial charge in [-0.05, 0) is 34.5 Å². The molecular weight excluding hydrogens is 308 g/mol. The van der Waals surface area contributed by atoms with Crippen molar-refractivity contribution in [1.29, 1.82) is 0 Å². The maximum atomic E-state index is 12.4. The van der Waals surface area contributed by atoms with E-state index in [1.807, 2.05) is 29.2 Å². The predicted octanol–water partition coefficient (Wildman–Crippen LogP) is 2.14. The van der Waals surface area contributed by atoms with E-state index in [-0.39, 0.29) is 11.8 Å². The van der Waals surface area contributed by atoms with Crippen LogP contribution in [-0.2, 0) is 4.79 Å². The molecule has 1 aliphatic heterocycles. The van der Waals surface area contributed by atoms with Crippen molar-refractivity contribution in [1.82, 2.24) is 9.80 Å². The second kappa shape index (κ2) is 6.19. The van der Waals surface area contributed by atoms with E-state index in [1.165, 1.54) is 0 Å². The van der Waals surface area contributed by atoms with Gasteiger partial charge in [-0.2, -0.15) is 0 Å². The van der Waals surface area contributed by atoms with Crippen LogP contribution >= 0.6 is 15.9 Å². The molecule has 0 aromatic heterocycles. The molecule has 0 N–H and O–H groups in total. The van der Waals surface area contributed by atoms with Crippen molar-refractivity contribution in [3.63, 3.8) is 0 Å². The molecule has 19 heavy (non-hydrogen) atoms. The van der Waals surface area contributed by atoms with Gasteiger partial charge in [-0.25, -0.2) is 0 Å². The Hall–Kier alpha value is -1.36. The van der Waals surface area contributed by atoms with Crippen LogP contribution in [0, 0.1) is 0 Å². The molecule has 1 aromatic carbocycles. The number of benzene rings is 1.